The van der Waals surface area contributed by atoms with Crippen LogP contribution in [-0.4, -0.2) is 31.3 Å². The van der Waals surface area contributed by atoms with Crippen LogP contribution >= 0.6 is 0 Å². The van der Waals surface area contributed by atoms with Crippen molar-refractivity contribution in [2.24, 2.45) is 5.92 Å². The molecule has 0 spiro atoms. The van der Waals surface area contributed by atoms with Gasteiger partial charge in [-0.3, -0.25) is 4.79 Å². The van der Waals surface area contributed by atoms with Crippen LogP contribution in [0.2, 0.25) is 0 Å². The first-order valence-corrected chi connectivity index (χ1v) is 7.62. The van der Waals surface area contributed by atoms with Crippen LogP contribution in [0.25, 0.3) is 0 Å². The molecular weight excluding hydrogens is 266 g/mol. The maximum Gasteiger partial charge on any atom is 0.310 e. The summed E-state index contributed by atoms with van der Waals surface area (Å²) in [4.78, 5) is 12.0. The summed E-state index contributed by atoms with van der Waals surface area (Å²) in [6.07, 6.45) is 1.97. The molecule has 1 N–H and O–H groups in total. The lowest BCUT2D eigenvalue weighted by molar-refractivity contribution is -0.149. The van der Waals surface area contributed by atoms with Gasteiger partial charge in [0.15, 0.2) is 0 Å². The molecule has 0 aromatic heterocycles. The molecule has 4 heteroatoms. The molecule has 4 nitrogen and oxygen atoms in total. The third kappa shape index (κ3) is 5.14. The number of ether oxygens (including phenoxy) is 2. The Bertz CT molecular complexity index is 441. The van der Waals surface area contributed by atoms with E-state index in [0.29, 0.717) is 13.2 Å². The average Bonchev–Trinajstić information content (AvgIpc) is 2.52. The maximum atomic E-state index is 12.0. The van der Waals surface area contributed by atoms with Gasteiger partial charge >= 0.3 is 5.97 Å². The summed E-state index contributed by atoms with van der Waals surface area (Å²) in [6.45, 7) is 6.66. The van der Waals surface area contributed by atoms with Crippen LogP contribution < -0.4 is 5.32 Å². The number of nitrogens with one attached hydrogen (secondary N) is 1. The van der Waals surface area contributed by atoms with Gasteiger partial charge in [-0.05, 0) is 25.3 Å². The van der Waals surface area contributed by atoms with E-state index in [1.807, 2.05) is 37.3 Å². The van der Waals surface area contributed by atoms with Crippen LogP contribution in [0.3, 0.4) is 0 Å². The molecule has 0 amide bonds. The highest BCUT2D eigenvalue weighted by molar-refractivity contribution is 5.72. The molecule has 0 radical (unpaired) electrons. The molecule has 1 unspecified atom stereocenters. The summed E-state index contributed by atoms with van der Waals surface area (Å²) < 4.78 is 10.7. The molecule has 1 fully saturated rings. The number of esters is 1. The largest absolute Gasteiger partial charge is 0.461 e. The zero-order valence-corrected chi connectivity index (χ0v) is 12.9. The Morgan fingerprint density at radius 2 is 2.00 bits per heavy atom. The van der Waals surface area contributed by atoms with Gasteiger partial charge in [-0.2, -0.15) is 0 Å². The SMILES string of the molecule is CC(CNC1(C)CCOCC1)C(=O)OCc1ccccc1. The Hall–Kier alpha value is -1.39. The molecule has 1 atom stereocenters. The zero-order chi connectivity index (χ0) is 15.1. The second-order valence-corrected chi connectivity index (χ2v) is 6.05. The van der Waals surface area contributed by atoms with Gasteiger partial charge in [-0.1, -0.05) is 37.3 Å². The Morgan fingerprint density at radius 1 is 1.33 bits per heavy atom. The molecule has 0 aliphatic carbocycles. The molecule has 1 aromatic carbocycles. The quantitative estimate of drug-likeness (QED) is 0.818. The minimum absolute atomic E-state index is 0.0756. The first kappa shape index (κ1) is 16.0. The lowest BCUT2D eigenvalue weighted by atomic mass is 9.92. The van der Waals surface area contributed by atoms with Crippen molar-refractivity contribution >= 4 is 5.97 Å². The summed E-state index contributed by atoms with van der Waals surface area (Å²) in [6, 6.07) is 9.76. The van der Waals surface area contributed by atoms with Crippen molar-refractivity contribution in [1.82, 2.24) is 5.32 Å². The monoisotopic (exact) mass is 291 g/mol. The molecule has 1 heterocycles. The van der Waals surface area contributed by atoms with E-state index in [1.54, 1.807) is 0 Å². The molecule has 2 rings (SSSR count). The third-order valence-corrected chi connectivity index (χ3v) is 4.06. The Labute approximate surface area is 126 Å². The highest BCUT2D eigenvalue weighted by Crippen LogP contribution is 2.20. The van der Waals surface area contributed by atoms with Crippen molar-refractivity contribution in [3.63, 3.8) is 0 Å². The van der Waals surface area contributed by atoms with Gasteiger partial charge in [0.05, 0.1) is 5.92 Å². The lowest BCUT2D eigenvalue weighted by Crippen LogP contribution is -2.49. The number of carbonyl (C=O) groups excluding carboxylic acids is 1. The van der Waals surface area contributed by atoms with Gasteiger partial charge in [-0.15, -0.1) is 0 Å². The van der Waals surface area contributed by atoms with E-state index in [1.165, 1.54) is 0 Å². The molecular formula is C17H25NO3. The fourth-order valence-electron chi connectivity index (χ4n) is 2.35. The number of carbonyl (C=O) groups is 1. The minimum atomic E-state index is -0.151. The van der Waals surface area contributed by atoms with Crippen LogP contribution in [-0.2, 0) is 20.9 Å². The molecule has 1 aliphatic heterocycles. The Balaban J connectivity index is 1.72. The number of hydrogen-bond donors (Lipinski definition) is 1. The normalized spacial score (nSPS) is 19.0. The summed E-state index contributed by atoms with van der Waals surface area (Å²) in [5, 5.41) is 3.50. The van der Waals surface area contributed by atoms with E-state index in [0.717, 1.165) is 31.6 Å². The predicted molar refractivity (Wildman–Crippen MR) is 81.9 cm³/mol. The number of rotatable bonds is 6. The topological polar surface area (TPSA) is 47.6 Å². The summed E-state index contributed by atoms with van der Waals surface area (Å²) >= 11 is 0. The van der Waals surface area contributed by atoms with E-state index in [9.17, 15) is 4.79 Å². The van der Waals surface area contributed by atoms with E-state index < -0.39 is 0 Å². The van der Waals surface area contributed by atoms with Crippen molar-refractivity contribution in [2.45, 2.75) is 38.8 Å². The summed E-state index contributed by atoms with van der Waals surface area (Å²) in [5.41, 5.74) is 1.09. The summed E-state index contributed by atoms with van der Waals surface area (Å²) in [5.74, 6) is -0.296. The Morgan fingerprint density at radius 3 is 2.67 bits per heavy atom. The first-order valence-electron chi connectivity index (χ1n) is 7.62. The first-order chi connectivity index (χ1) is 10.1. The fraction of sp³-hybridized carbons (Fsp3) is 0.588. The lowest BCUT2D eigenvalue weighted by Gasteiger charge is -2.35. The van der Waals surface area contributed by atoms with E-state index in [-0.39, 0.29) is 17.4 Å². The molecule has 116 valence electrons. The van der Waals surface area contributed by atoms with Crippen LogP contribution in [0.5, 0.6) is 0 Å². The third-order valence-electron chi connectivity index (χ3n) is 4.06. The zero-order valence-electron chi connectivity index (χ0n) is 12.9. The molecule has 21 heavy (non-hydrogen) atoms. The average molecular weight is 291 g/mol. The van der Waals surface area contributed by atoms with Gasteiger partial charge < -0.3 is 14.8 Å². The highest BCUT2D eigenvalue weighted by atomic mass is 16.5. The second-order valence-electron chi connectivity index (χ2n) is 6.05. The maximum absolute atomic E-state index is 12.0. The minimum Gasteiger partial charge on any atom is -0.461 e. The van der Waals surface area contributed by atoms with E-state index in [4.69, 9.17) is 9.47 Å². The van der Waals surface area contributed by atoms with Crippen molar-refractivity contribution < 1.29 is 14.3 Å². The van der Waals surface area contributed by atoms with Crippen LogP contribution in [0.1, 0.15) is 32.3 Å². The molecule has 1 aliphatic rings. The second kappa shape index (κ2) is 7.57. The van der Waals surface area contributed by atoms with Crippen LogP contribution in [0.15, 0.2) is 30.3 Å². The standard InChI is InChI=1S/C17H25NO3/c1-14(12-18-17(2)8-10-20-11-9-17)16(19)21-13-15-6-4-3-5-7-15/h3-7,14,18H,8-13H2,1-2H3. The number of benzene rings is 1. The van der Waals surface area contributed by atoms with Crippen molar-refractivity contribution in [1.29, 1.82) is 0 Å². The molecule has 0 saturated carbocycles. The highest BCUT2D eigenvalue weighted by Gasteiger charge is 2.28. The number of hydrogen-bond acceptors (Lipinski definition) is 4. The predicted octanol–water partition coefficient (Wildman–Crippen LogP) is 2.52. The van der Waals surface area contributed by atoms with Gasteiger partial charge in [0.25, 0.3) is 0 Å². The molecule has 0 bridgehead atoms. The van der Waals surface area contributed by atoms with Crippen molar-refractivity contribution in [3.8, 4) is 0 Å². The van der Waals surface area contributed by atoms with Crippen molar-refractivity contribution in [2.75, 3.05) is 19.8 Å². The van der Waals surface area contributed by atoms with Crippen molar-refractivity contribution in [3.05, 3.63) is 35.9 Å². The Kier molecular flexibility index (Phi) is 5.76. The van der Waals surface area contributed by atoms with E-state index in [2.05, 4.69) is 12.2 Å². The summed E-state index contributed by atoms with van der Waals surface area (Å²) in [7, 11) is 0. The van der Waals surface area contributed by atoms with Gasteiger partial charge in [-0.25, -0.2) is 0 Å². The molecule has 1 aromatic rings. The smallest absolute Gasteiger partial charge is 0.310 e. The van der Waals surface area contributed by atoms with Gasteiger partial charge in [0.2, 0.25) is 0 Å². The van der Waals surface area contributed by atoms with Crippen LogP contribution in [0, 0.1) is 5.92 Å². The van der Waals surface area contributed by atoms with Crippen LogP contribution in [0.4, 0.5) is 0 Å². The molecule has 1 saturated heterocycles. The fourth-order valence-corrected chi connectivity index (χ4v) is 2.35. The van der Waals surface area contributed by atoms with Gasteiger partial charge in [0.1, 0.15) is 6.61 Å². The van der Waals surface area contributed by atoms with E-state index >= 15 is 0 Å². The van der Waals surface area contributed by atoms with Gasteiger partial charge in [0, 0.05) is 25.3 Å².